The first kappa shape index (κ1) is 11.2. The van der Waals surface area contributed by atoms with E-state index in [1.807, 2.05) is 6.07 Å². The molecule has 0 aliphatic carbocycles. The molecule has 1 aromatic heterocycles. The summed E-state index contributed by atoms with van der Waals surface area (Å²) >= 11 is 0. The summed E-state index contributed by atoms with van der Waals surface area (Å²) in [6.45, 7) is 2.12. The van der Waals surface area contributed by atoms with Crippen LogP contribution >= 0.6 is 0 Å². The number of rotatable bonds is 3. The van der Waals surface area contributed by atoms with E-state index in [-0.39, 0.29) is 0 Å². The summed E-state index contributed by atoms with van der Waals surface area (Å²) in [5, 5.41) is 3.41. The first-order valence-electron chi connectivity index (χ1n) is 5.63. The van der Waals surface area contributed by atoms with Gasteiger partial charge in [0.1, 0.15) is 5.75 Å². The van der Waals surface area contributed by atoms with Crippen LogP contribution in [0.5, 0.6) is 11.6 Å². The number of aromatic nitrogens is 1. The lowest BCUT2D eigenvalue weighted by atomic mass is 9.92. The van der Waals surface area contributed by atoms with E-state index in [0.29, 0.717) is 11.8 Å². The maximum atomic E-state index is 5.35. The van der Waals surface area contributed by atoms with Crippen LogP contribution in [-0.2, 0) is 0 Å². The molecule has 1 unspecified atom stereocenters. The number of nitrogens with one attached hydrogen (secondary N) is 1. The number of hydrogen-bond donors (Lipinski definition) is 1. The van der Waals surface area contributed by atoms with Crippen LogP contribution < -0.4 is 14.8 Å². The highest BCUT2D eigenvalue weighted by Crippen LogP contribution is 2.32. The molecule has 0 bridgehead atoms. The topological polar surface area (TPSA) is 43.4 Å². The van der Waals surface area contributed by atoms with Gasteiger partial charge >= 0.3 is 0 Å². The summed E-state index contributed by atoms with van der Waals surface area (Å²) in [5.41, 5.74) is 1.20. The summed E-state index contributed by atoms with van der Waals surface area (Å²) in [5.74, 6) is 2.01. The van der Waals surface area contributed by atoms with Gasteiger partial charge in [0.2, 0.25) is 5.88 Å². The number of piperidine rings is 1. The smallest absolute Gasteiger partial charge is 0.213 e. The highest BCUT2D eigenvalue weighted by molar-refractivity contribution is 5.38. The molecule has 4 heteroatoms. The van der Waals surface area contributed by atoms with Crippen molar-refractivity contribution < 1.29 is 9.47 Å². The van der Waals surface area contributed by atoms with Crippen molar-refractivity contribution in [2.24, 2.45) is 0 Å². The second-order valence-corrected chi connectivity index (χ2v) is 4.01. The van der Waals surface area contributed by atoms with Gasteiger partial charge in [-0.3, -0.25) is 0 Å². The Labute approximate surface area is 96.0 Å². The summed E-state index contributed by atoms with van der Waals surface area (Å²) < 4.78 is 10.5. The van der Waals surface area contributed by atoms with Crippen LogP contribution in [0.15, 0.2) is 12.3 Å². The lowest BCUT2D eigenvalue weighted by Crippen LogP contribution is -2.28. The molecule has 4 nitrogen and oxygen atoms in total. The first-order valence-corrected chi connectivity index (χ1v) is 5.63. The minimum atomic E-state index is 0.501. The van der Waals surface area contributed by atoms with Gasteiger partial charge < -0.3 is 14.8 Å². The second-order valence-electron chi connectivity index (χ2n) is 4.01. The maximum Gasteiger partial charge on any atom is 0.213 e. The fourth-order valence-corrected chi connectivity index (χ4v) is 2.16. The molecule has 0 radical (unpaired) electrons. The molecule has 1 N–H and O–H groups in total. The van der Waals surface area contributed by atoms with Crippen LogP contribution in [0.2, 0.25) is 0 Å². The zero-order valence-electron chi connectivity index (χ0n) is 9.82. The van der Waals surface area contributed by atoms with Crippen LogP contribution in [0.3, 0.4) is 0 Å². The van der Waals surface area contributed by atoms with E-state index in [1.165, 1.54) is 18.4 Å². The molecule has 0 amide bonds. The molecule has 1 fully saturated rings. The molecule has 2 rings (SSSR count). The number of ether oxygens (including phenoxy) is 2. The lowest BCUT2D eigenvalue weighted by molar-refractivity contribution is 0.373. The predicted molar refractivity (Wildman–Crippen MR) is 62.2 cm³/mol. The zero-order chi connectivity index (χ0) is 11.4. The van der Waals surface area contributed by atoms with Gasteiger partial charge in [-0.1, -0.05) is 0 Å². The van der Waals surface area contributed by atoms with Crippen LogP contribution in [0.25, 0.3) is 0 Å². The van der Waals surface area contributed by atoms with Crippen molar-refractivity contribution in [1.82, 2.24) is 10.3 Å². The minimum absolute atomic E-state index is 0.501. The van der Waals surface area contributed by atoms with E-state index >= 15 is 0 Å². The molecule has 1 aliphatic heterocycles. The Morgan fingerprint density at radius 3 is 2.88 bits per heavy atom. The second kappa shape index (κ2) is 5.16. The summed E-state index contributed by atoms with van der Waals surface area (Å²) in [4.78, 5) is 4.16. The van der Waals surface area contributed by atoms with Gasteiger partial charge in [-0.2, -0.15) is 0 Å². The summed E-state index contributed by atoms with van der Waals surface area (Å²) in [7, 11) is 3.32. The zero-order valence-corrected chi connectivity index (χ0v) is 9.82. The standard InChI is InChI=1S/C12H18N2O2/c1-15-11-8-14-12(16-2)6-10(11)9-4-3-5-13-7-9/h6,8-9,13H,3-5,7H2,1-2H3. The van der Waals surface area contributed by atoms with Crippen LogP contribution in [0.4, 0.5) is 0 Å². The van der Waals surface area contributed by atoms with Crippen molar-refractivity contribution >= 4 is 0 Å². The molecule has 1 saturated heterocycles. The molecule has 88 valence electrons. The maximum absolute atomic E-state index is 5.35. The Balaban J connectivity index is 2.27. The van der Waals surface area contributed by atoms with E-state index in [1.54, 1.807) is 20.4 Å². The van der Waals surface area contributed by atoms with Crippen LogP contribution in [0, 0.1) is 0 Å². The quantitative estimate of drug-likeness (QED) is 0.843. The van der Waals surface area contributed by atoms with Crippen molar-refractivity contribution in [3.05, 3.63) is 17.8 Å². The van der Waals surface area contributed by atoms with Crippen molar-refractivity contribution in [3.63, 3.8) is 0 Å². The Morgan fingerprint density at radius 2 is 2.25 bits per heavy atom. The van der Waals surface area contributed by atoms with Gasteiger partial charge in [0.05, 0.1) is 20.4 Å². The van der Waals surface area contributed by atoms with Crippen molar-refractivity contribution in [2.75, 3.05) is 27.3 Å². The van der Waals surface area contributed by atoms with Gasteiger partial charge in [0.25, 0.3) is 0 Å². The fourth-order valence-electron chi connectivity index (χ4n) is 2.16. The van der Waals surface area contributed by atoms with Crippen molar-refractivity contribution in [1.29, 1.82) is 0 Å². The lowest BCUT2D eigenvalue weighted by Gasteiger charge is -2.24. The third-order valence-corrected chi connectivity index (χ3v) is 3.04. The molecule has 0 spiro atoms. The molecule has 1 aliphatic rings. The Bertz CT molecular complexity index is 349. The normalized spacial score (nSPS) is 20.5. The van der Waals surface area contributed by atoms with E-state index < -0.39 is 0 Å². The number of nitrogens with zero attached hydrogens (tertiary/aromatic N) is 1. The summed E-state index contributed by atoms with van der Waals surface area (Å²) in [6, 6.07) is 1.98. The summed E-state index contributed by atoms with van der Waals surface area (Å²) in [6.07, 6.45) is 4.14. The average molecular weight is 222 g/mol. The molecule has 1 atom stereocenters. The number of hydrogen-bond acceptors (Lipinski definition) is 4. The van der Waals surface area contributed by atoms with Crippen LogP contribution in [-0.4, -0.2) is 32.3 Å². The Kier molecular flexibility index (Phi) is 3.62. The average Bonchev–Trinajstić information content (AvgIpc) is 2.39. The van der Waals surface area contributed by atoms with Crippen molar-refractivity contribution in [2.45, 2.75) is 18.8 Å². The molecule has 16 heavy (non-hydrogen) atoms. The fraction of sp³-hybridized carbons (Fsp3) is 0.583. The van der Waals surface area contributed by atoms with Gasteiger partial charge in [-0.15, -0.1) is 0 Å². The first-order chi connectivity index (χ1) is 7.85. The molecule has 1 aromatic rings. The van der Waals surface area contributed by atoms with Gasteiger partial charge in [0, 0.05) is 24.1 Å². The number of methoxy groups -OCH3 is 2. The third-order valence-electron chi connectivity index (χ3n) is 3.04. The third kappa shape index (κ3) is 2.27. The monoisotopic (exact) mass is 222 g/mol. The minimum Gasteiger partial charge on any atom is -0.495 e. The predicted octanol–water partition coefficient (Wildman–Crippen LogP) is 1.57. The Morgan fingerprint density at radius 1 is 1.38 bits per heavy atom. The van der Waals surface area contributed by atoms with E-state index in [0.717, 1.165) is 18.8 Å². The van der Waals surface area contributed by atoms with Gasteiger partial charge in [-0.25, -0.2) is 4.98 Å². The van der Waals surface area contributed by atoms with E-state index in [4.69, 9.17) is 9.47 Å². The number of pyridine rings is 1. The SMILES string of the molecule is COc1cc(C2CCCNC2)c(OC)cn1. The van der Waals surface area contributed by atoms with Gasteiger partial charge in [0.15, 0.2) is 0 Å². The Hall–Kier alpha value is -1.29. The molecule has 0 saturated carbocycles. The molecular formula is C12H18N2O2. The largest absolute Gasteiger partial charge is 0.495 e. The molecule has 2 heterocycles. The van der Waals surface area contributed by atoms with E-state index in [2.05, 4.69) is 10.3 Å². The molecular weight excluding hydrogens is 204 g/mol. The van der Waals surface area contributed by atoms with Crippen molar-refractivity contribution in [3.8, 4) is 11.6 Å². The van der Waals surface area contributed by atoms with E-state index in [9.17, 15) is 0 Å². The highest BCUT2D eigenvalue weighted by Gasteiger charge is 2.19. The van der Waals surface area contributed by atoms with Gasteiger partial charge in [-0.05, 0) is 19.4 Å². The molecule has 0 aromatic carbocycles. The van der Waals surface area contributed by atoms with Crippen LogP contribution in [0.1, 0.15) is 24.3 Å². The highest BCUT2D eigenvalue weighted by atomic mass is 16.5.